The quantitative estimate of drug-likeness (QED) is 0.885. The molecule has 0 spiro atoms. The summed E-state index contributed by atoms with van der Waals surface area (Å²) in [6.45, 7) is 7.32. The minimum atomic E-state index is -3.61. The lowest BCUT2D eigenvalue weighted by atomic mass is 9.79. The topological polar surface area (TPSA) is 54.0 Å². The van der Waals surface area contributed by atoms with E-state index in [2.05, 4.69) is 19.7 Å². The van der Waals surface area contributed by atoms with Crippen molar-refractivity contribution in [2.45, 2.75) is 26.2 Å². The van der Waals surface area contributed by atoms with Gasteiger partial charge in [-0.3, -0.25) is 4.90 Å². The van der Waals surface area contributed by atoms with Gasteiger partial charge in [0.2, 0.25) is 0 Å². The van der Waals surface area contributed by atoms with E-state index < -0.39 is 11.7 Å². The number of hydrogen-bond donors (Lipinski definition) is 2. The second-order valence-electron chi connectivity index (χ2n) is 6.71. The highest BCUT2D eigenvalue weighted by Crippen LogP contribution is 2.45. The maximum Gasteiger partial charge on any atom is 0.586 e. The van der Waals surface area contributed by atoms with Crippen LogP contribution in [0.5, 0.6) is 11.5 Å². The zero-order chi connectivity index (χ0) is 16.7. The smallest absolute Gasteiger partial charge is 0.396 e. The molecule has 0 amide bonds. The van der Waals surface area contributed by atoms with Gasteiger partial charge in [-0.1, -0.05) is 19.9 Å². The third kappa shape index (κ3) is 3.27. The first kappa shape index (κ1) is 16.4. The van der Waals surface area contributed by atoms with Crippen LogP contribution in [0.2, 0.25) is 0 Å². The number of benzene rings is 1. The van der Waals surface area contributed by atoms with Gasteiger partial charge in [0.05, 0.1) is 0 Å². The molecule has 1 fully saturated rings. The SMILES string of the molecule is CC(C)(CO)[C@@H](c1ccc2c(c1)OC(F)(F)O2)N1CCNCC1. The zero-order valence-electron chi connectivity index (χ0n) is 13.3. The highest BCUT2D eigenvalue weighted by molar-refractivity contribution is 5.46. The van der Waals surface area contributed by atoms with Crippen molar-refractivity contribution >= 4 is 0 Å². The number of fused-ring (bicyclic) bond motifs is 1. The van der Waals surface area contributed by atoms with Crippen LogP contribution >= 0.6 is 0 Å². The molecule has 2 heterocycles. The van der Waals surface area contributed by atoms with Crippen molar-refractivity contribution in [2.24, 2.45) is 5.41 Å². The summed E-state index contributed by atoms with van der Waals surface area (Å²) in [5, 5.41) is 13.1. The number of aliphatic hydroxyl groups excluding tert-OH is 1. The molecular formula is C16H22F2N2O3. The van der Waals surface area contributed by atoms with Crippen LogP contribution in [0.3, 0.4) is 0 Å². The Morgan fingerprint density at radius 1 is 1.26 bits per heavy atom. The van der Waals surface area contributed by atoms with Gasteiger partial charge in [0.15, 0.2) is 11.5 Å². The number of piperazine rings is 1. The minimum absolute atomic E-state index is 0.00774. The summed E-state index contributed by atoms with van der Waals surface area (Å²) in [6.07, 6.45) is -3.61. The molecule has 1 aromatic carbocycles. The Kier molecular flexibility index (Phi) is 4.20. The lowest BCUT2D eigenvalue weighted by Crippen LogP contribution is -2.49. The molecule has 0 radical (unpaired) electrons. The van der Waals surface area contributed by atoms with Crippen LogP contribution < -0.4 is 14.8 Å². The van der Waals surface area contributed by atoms with Crippen molar-refractivity contribution in [2.75, 3.05) is 32.8 Å². The van der Waals surface area contributed by atoms with Crippen LogP contribution in [-0.2, 0) is 0 Å². The van der Waals surface area contributed by atoms with Gasteiger partial charge in [0.25, 0.3) is 0 Å². The predicted octanol–water partition coefficient (Wildman–Crippen LogP) is 1.97. The first-order valence-corrected chi connectivity index (χ1v) is 7.78. The Bertz CT molecular complexity index is 574. The molecule has 1 aromatic rings. The molecule has 2 aliphatic heterocycles. The van der Waals surface area contributed by atoms with Crippen LogP contribution in [-0.4, -0.2) is 49.1 Å². The van der Waals surface area contributed by atoms with Gasteiger partial charge in [0.1, 0.15) is 0 Å². The summed E-state index contributed by atoms with van der Waals surface area (Å²) in [5.74, 6) is 0.0842. The summed E-state index contributed by atoms with van der Waals surface area (Å²) >= 11 is 0. The van der Waals surface area contributed by atoms with Gasteiger partial charge >= 0.3 is 6.29 Å². The monoisotopic (exact) mass is 328 g/mol. The Morgan fingerprint density at radius 2 is 1.91 bits per heavy atom. The molecule has 0 unspecified atom stereocenters. The number of nitrogens with zero attached hydrogens (tertiary/aromatic N) is 1. The molecule has 1 atom stereocenters. The second-order valence-corrected chi connectivity index (χ2v) is 6.71. The molecule has 0 bridgehead atoms. The van der Waals surface area contributed by atoms with Crippen molar-refractivity contribution in [1.82, 2.24) is 10.2 Å². The number of nitrogens with one attached hydrogen (secondary N) is 1. The van der Waals surface area contributed by atoms with Crippen molar-refractivity contribution in [3.05, 3.63) is 23.8 Å². The van der Waals surface area contributed by atoms with Crippen LogP contribution in [0.15, 0.2) is 18.2 Å². The Balaban J connectivity index is 1.94. The van der Waals surface area contributed by atoms with Crippen molar-refractivity contribution in [3.8, 4) is 11.5 Å². The largest absolute Gasteiger partial charge is 0.586 e. The van der Waals surface area contributed by atoms with Crippen LogP contribution in [0.1, 0.15) is 25.5 Å². The first-order chi connectivity index (χ1) is 10.8. The highest BCUT2D eigenvalue weighted by atomic mass is 19.3. The summed E-state index contributed by atoms with van der Waals surface area (Å²) in [6, 6.07) is 4.78. The Hall–Kier alpha value is -1.44. The van der Waals surface area contributed by atoms with Gasteiger partial charge in [-0.25, -0.2) is 0 Å². The second kappa shape index (κ2) is 5.89. The number of alkyl halides is 2. The van der Waals surface area contributed by atoms with Gasteiger partial charge in [-0.2, -0.15) is 0 Å². The number of ether oxygens (including phenoxy) is 2. The van der Waals surface area contributed by atoms with E-state index in [1.54, 1.807) is 12.1 Å². The average Bonchev–Trinajstić information content (AvgIpc) is 2.81. The molecule has 2 aliphatic rings. The van der Waals surface area contributed by atoms with Crippen LogP contribution in [0, 0.1) is 5.41 Å². The maximum absolute atomic E-state index is 13.2. The molecule has 23 heavy (non-hydrogen) atoms. The predicted molar refractivity (Wildman–Crippen MR) is 80.7 cm³/mol. The summed E-state index contributed by atoms with van der Waals surface area (Å²) in [5.41, 5.74) is 0.416. The molecular weight excluding hydrogens is 306 g/mol. The molecule has 0 saturated carbocycles. The van der Waals surface area contributed by atoms with Crippen molar-refractivity contribution < 1.29 is 23.4 Å². The minimum Gasteiger partial charge on any atom is -0.396 e. The van der Waals surface area contributed by atoms with E-state index in [1.165, 1.54) is 6.07 Å². The van der Waals surface area contributed by atoms with E-state index >= 15 is 0 Å². The van der Waals surface area contributed by atoms with Gasteiger partial charge in [0, 0.05) is 44.2 Å². The van der Waals surface area contributed by atoms with E-state index in [-0.39, 0.29) is 24.1 Å². The highest BCUT2D eigenvalue weighted by Gasteiger charge is 2.44. The van der Waals surface area contributed by atoms with Gasteiger partial charge < -0.3 is 19.9 Å². The fraction of sp³-hybridized carbons (Fsp3) is 0.625. The molecule has 7 heteroatoms. The average molecular weight is 328 g/mol. The van der Waals surface area contributed by atoms with Crippen molar-refractivity contribution in [1.29, 1.82) is 0 Å². The van der Waals surface area contributed by atoms with E-state index in [9.17, 15) is 13.9 Å². The van der Waals surface area contributed by atoms with E-state index in [0.717, 1.165) is 31.7 Å². The summed E-state index contributed by atoms with van der Waals surface area (Å²) < 4.78 is 35.5. The van der Waals surface area contributed by atoms with Gasteiger partial charge in [-0.05, 0) is 17.7 Å². The Labute approximate surface area is 134 Å². The molecule has 5 nitrogen and oxygen atoms in total. The molecule has 0 aliphatic carbocycles. The van der Waals surface area contributed by atoms with E-state index in [1.807, 2.05) is 13.8 Å². The molecule has 2 N–H and O–H groups in total. The maximum atomic E-state index is 13.2. The number of rotatable bonds is 4. The fourth-order valence-corrected chi connectivity index (χ4v) is 3.32. The summed E-state index contributed by atoms with van der Waals surface area (Å²) in [4.78, 5) is 2.27. The molecule has 1 saturated heterocycles. The summed E-state index contributed by atoms with van der Waals surface area (Å²) in [7, 11) is 0. The Morgan fingerprint density at radius 3 is 2.57 bits per heavy atom. The lowest BCUT2D eigenvalue weighted by molar-refractivity contribution is -0.286. The zero-order valence-corrected chi connectivity index (χ0v) is 13.3. The number of hydrogen-bond acceptors (Lipinski definition) is 5. The lowest BCUT2D eigenvalue weighted by Gasteiger charge is -2.43. The van der Waals surface area contributed by atoms with E-state index in [4.69, 9.17) is 0 Å². The third-order valence-electron chi connectivity index (χ3n) is 4.41. The van der Waals surface area contributed by atoms with E-state index in [0.29, 0.717) is 0 Å². The molecule has 0 aromatic heterocycles. The molecule has 3 rings (SSSR count). The number of aliphatic hydroxyl groups is 1. The first-order valence-electron chi connectivity index (χ1n) is 7.78. The van der Waals surface area contributed by atoms with Crippen LogP contribution in [0.25, 0.3) is 0 Å². The van der Waals surface area contributed by atoms with Crippen LogP contribution in [0.4, 0.5) is 8.78 Å². The molecule has 128 valence electrons. The van der Waals surface area contributed by atoms with Gasteiger partial charge in [-0.15, -0.1) is 8.78 Å². The van der Waals surface area contributed by atoms with Crippen molar-refractivity contribution in [3.63, 3.8) is 0 Å². The third-order valence-corrected chi connectivity index (χ3v) is 4.41. The number of halogens is 2. The normalized spacial score (nSPS) is 22.1. The fourth-order valence-electron chi connectivity index (χ4n) is 3.32. The standard InChI is InChI=1S/C16H22F2N2O3/c1-15(2,10-21)14(20-7-5-19-6-8-20)11-3-4-12-13(9-11)23-16(17,18)22-12/h3-4,9,14,19,21H,5-8,10H2,1-2H3/t14-/m1/s1.